The number of nitrogens with one attached hydrogen (secondary N) is 1. The molecule has 0 saturated carbocycles. The molecule has 2 rings (SSSR count). The van der Waals surface area contributed by atoms with Crippen molar-refractivity contribution in [3.63, 3.8) is 0 Å². The molecule has 0 aromatic carbocycles. The Morgan fingerprint density at radius 2 is 2.12 bits per heavy atom. The molecule has 86 valence electrons. The van der Waals surface area contributed by atoms with E-state index in [0.29, 0.717) is 0 Å². The van der Waals surface area contributed by atoms with Crippen LogP contribution in [0.25, 0.3) is 0 Å². The summed E-state index contributed by atoms with van der Waals surface area (Å²) >= 11 is 0. The van der Waals surface area contributed by atoms with Crippen molar-refractivity contribution in [2.75, 3.05) is 19.4 Å². The Labute approximate surface area is 95.5 Å². The third kappa shape index (κ3) is 1.58. The van der Waals surface area contributed by atoms with Gasteiger partial charge in [-0.3, -0.25) is 4.68 Å². The van der Waals surface area contributed by atoms with Crippen molar-refractivity contribution in [3.8, 4) is 0 Å². The second kappa shape index (κ2) is 4.00. The molecule has 0 radical (unpaired) electrons. The second-order valence-electron chi connectivity index (χ2n) is 3.90. The van der Waals surface area contributed by atoms with Crippen molar-refractivity contribution >= 4 is 11.7 Å². The number of rotatable bonds is 2. The molecule has 2 heterocycles. The zero-order chi connectivity index (χ0) is 11.7. The fourth-order valence-electron chi connectivity index (χ4n) is 1.94. The van der Waals surface area contributed by atoms with Gasteiger partial charge >= 0.3 is 0 Å². The summed E-state index contributed by atoms with van der Waals surface area (Å²) in [6.45, 7) is 2.01. The van der Waals surface area contributed by atoms with Gasteiger partial charge in [-0.1, -0.05) is 0 Å². The first-order valence-corrected chi connectivity index (χ1v) is 5.28. The van der Waals surface area contributed by atoms with E-state index in [1.54, 1.807) is 0 Å². The minimum absolute atomic E-state index is 0.202. The maximum atomic E-state index is 4.28. The minimum Gasteiger partial charge on any atom is -0.373 e. The number of nitrogens with zero attached hydrogens (tertiary/aromatic N) is 4. The highest BCUT2D eigenvalue weighted by molar-refractivity contribution is 5.81. The largest absolute Gasteiger partial charge is 0.373 e. The van der Waals surface area contributed by atoms with Crippen molar-refractivity contribution in [2.24, 2.45) is 12.0 Å². The smallest absolute Gasteiger partial charge is 0.129 e. The average molecular weight is 219 g/mol. The minimum atomic E-state index is 0.202. The average Bonchev–Trinajstić information content (AvgIpc) is 2.63. The van der Waals surface area contributed by atoms with E-state index in [2.05, 4.69) is 26.4 Å². The van der Waals surface area contributed by atoms with Crippen molar-refractivity contribution < 1.29 is 0 Å². The number of aliphatic imine (C=N–C) groups is 1. The van der Waals surface area contributed by atoms with Gasteiger partial charge in [0.1, 0.15) is 11.7 Å². The molecule has 0 bridgehead atoms. The van der Waals surface area contributed by atoms with Gasteiger partial charge in [0.05, 0.1) is 12.2 Å². The molecule has 1 unspecified atom stereocenters. The van der Waals surface area contributed by atoms with E-state index in [4.69, 9.17) is 0 Å². The topological polar surface area (TPSA) is 45.5 Å². The zero-order valence-electron chi connectivity index (χ0n) is 10.1. The van der Waals surface area contributed by atoms with E-state index >= 15 is 0 Å². The maximum Gasteiger partial charge on any atom is 0.129 e. The predicted octanol–water partition coefficient (Wildman–Crippen LogP) is 1.38. The molecular formula is C11H17N5. The van der Waals surface area contributed by atoms with Crippen LogP contribution in [0.4, 0.5) is 5.82 Å². The van der Waals surface area contributed by atoms with Crippen LogP contribution in [0.5, 0.6) is 0 Å². The van der Waals surface area contributed by atoms with Gasteiger partial charge in [0.2, 0.25) is 0 Å². The predicted molar refractivity (Wildman–Crippen MR) is 65.5 cm³/mol. The van der Waals surface area contributed by atoms with Crippen LogP contribution in [-0.4, -0.2) is 34.6 Å². The second-order valence-corrected chi connectivity index (χ2v) is 3.90. The molecule has 1 aliphatic heterocycles. The Kier molecular flexibility index (Phi) is 2.68. The molecule has 1 N–H and O–H groups in total. The van der Waals surface area contributed by atoms with Gasteiger partial charge in [-0.2, -0.15) is 5.10 Å². The molecule has 1 aromatic heterocycles. The summed E-state index contributed by atoms with van der Waals surface area (Å²) in [5.41, 5.74) is 1.16. The fourth-order valence-corrected chi connectivity index (χ4v) is 1.94. The molecule has 0 aliphatic carbocycles. The number of anilines is 1. The highest BCUT2D eigenvalue weighted by Crippen LogP contribution is 2.29. The van der Waals surface area contributed by atoms with Gasteiger partial charge in [0.25, 0.3) is 0 Å². The summed E-state index contributed by atoms with van der Waals surface area (Å²) in [7, 11) is 5.89. The summed E-state index contributed by atoms with van der Waals surface area (Å²) in [6, 6.07) is 0.202. The van der Waals surface area contributed by atoms with Crippen molar-refractivity contribution in [1.82, 2.24) is 14.7 Å². The van der Waals surface area contributed by atoms with E-state index in [9.17, 15) is 0 Å². The van der Waals surface area contributed by atoms with E-state index in [1.165, 1.54) is 0 Å². The van der Waals surface area contributed by atoms with Crippen LogP contribution in [0, 0.1) is 0 Å². The number of likely N-dealkylation sites (N-methyl/N-ethyl adjacent to an activating group) is 1. The lowest BCUT2D eigenvalue weighted by Crippen LogP contribution is -2.30. The lowest BCUT2D eigenvalue weighted by Gasteiger charge is -2.29. The molecule has 0 spiro atoms. The molecule has 1 aromatic rings. The van der Waals surface area contributed by atoms with Crippen LogP contribution in [0.2, 0.25) is 0 Å². The van der Waals surface area contributed by atoms with Crippen molar-refractivity contribution in [2.45, 2.75) is 13.0 Å². The Hall–Kier alpha value is -1.78. The summed E-state index contributed by atoms with van der Waals surface area (Å²) in [6.07, 6.45) is 5.83. The molecular weight excluding hydrogens is 202 g/mol. The molecule has 16 heavy (non-hydrogen) atoms. The van der Waals surface area contributed by atoms with Crippen LogP contribution < -0.4 is 5.32 Å². The van der Waals surface area contributed by atoms with Crippen LogP contribution in [0.3, 0.4) is 0 Å². The van der Waals surface area contributed by atoms with Crippen LogP contribution in [0.15, 0.2) is 23.5 Å². The normalized spacial score (nSPS) is 19.9. The summed E-state index contributed by atoms with van der Waals surface area (Å²) in [5, 5.41) is 7.45. The molecule has 1 aliphatic rings. The maximum absolute atomic E-state index is 4.28. The summed E-state index contributed by atoms with van der Waals surface area (Å²) in [5.74, 6) is 2.05. The first kappa shape index (κ1) is 10.7. The molecule has 5 nitrogen and oxygen atoms in total. The Bertz CT molecular complexity index is 443. The van der Waals surface area contributed by atoms with E-state index in [1.807, 2.05) is 45.1 Å². The van der Waals surface area contributed by atoms with E-state index in [-0.39, 0.29) is 6.04 Å². The van der Waals surface area contributed by atoms with Crippen LogP contribution >= 0.6 is 0 Å². The van der Waals surface area contributed by atoms with Gasteiger partial charge in [-0.05, 0) is 13.0 Å². The van der Waals surface area contributed by atoms with Gasteiger partial charge in [-0.15, -0.1) is 0 Å². The Morgan fingerprint density at radius 3 is 2.81 bits per heavy atom. The quantitative estimate of drug-likeness (QED) is 0.817. The number of amidine groups is 1. The van der Waals surface area contributed by atoms with Gasteiger partial charge in [-0.25, -0.2) is 4.99 Å². The van der Waals surface area contributed by atoms with Crippen molar-refractivity contribution in [3.05, 3.63) is 24.0 Å². The highest BCUT2D eigenvalue weighted by atomic mass is 15.3. The third-order valence-corrected chi connectivity index (χ3v) is 2.98. The number of aromatic nitrogens is 2. The first-order chi connectivity index (χ1) is 7.65. The Morgan fingerprint density at radius 1 is 1.38 bits per heavy atom. The molecule has 0 fully saturated rings. The van der Waals surface area contributed by atoms with Gasteiger partial charge in [0.15, 0.2) is 0 Å². The third-order valence-electron chi connectivity index (χ3n) is 2.98. The lowest BCUT2D eigenvalue weighted by atomic mass is 10.1. The summed E-state index contributed by atoms with van der Waals surface area (Å²) < 4.78 is 1.85. The highest BCUT2D eigenvalue weighted by Gasteiger charge is 2.22. The number of aryl methyl sites for hydroxylation is 1. The molecule has 5 heteroatoms. The van der Waals surface area contributed by atoms with Crippen LogP contribution in [-0.2, 0) is 7.05 Å². The zero-order valence-corrected chi connectivity index (χ0v) is 10.1. The standard InChI is InChI=1S/C11H17N5/c1-8-13-6-5-10(15(8)3)9-7-14-16(4)11(9)12-2/h5-7,10,12H,1-4H3. The SMILES string of the molecule is CNc1c(C2C=CN=C(C)N2C)cnn1C. The Balaban J connectivity index is 2.38. The lowest BCUT2D eigenvalue weighted by molar-refractivity contribution is 0.430. The van der Waals surface area contributed by atoms with Gasteiger partial charge in [0, 0.05) is 32.9 Å². The molecule has 0 saturated heterocycles. The van der Waals surface area contributed by atoms with Gasteiger partial charge < -0.3 is 10.2 Å². The fraction of sp³-hybridized carbons (Fsp3) is 0.455. The number of hydrogen-bond acceptors (Lipinski definition) is 4. The van der Waals surface area contributed by atoms with E-state index in [0.717, 1.165) is 17.2 Å². The molecule has 0 amide bonds. The van der Waals surface area contributed by atoms with Crippen LogP contribution in [0.1, 0.15) is 18.5 Å². The number of hydrogen-bond donors (Lipinski definition) is 1. The first-order valence-electron chi connectivity index (χ1n) is 5.28. The summed E-state index contributed by atoms with van der Waals surface area (Å²) in [4.78, 5) is 6.40. The molecule has 1 atom stereocenters. The monoisotopic (exact) mass is 219 g/mol. The van der Waals surface area contributed by atoms with E-state index < -0.39 is 0 Å². The van der Waals surface area contributed by atoms with Crippen molar-refractivity contribution in [1.29, 1.82) is 0 Å².